The van der Waals surface area contributed by atoms with Crippen LogP contribution in [0, 0.1) is 5.92 Å². The van der Waals surface area contributed by atoms with Crippen LogP contribution in [0.25, 0.3) is 0 Å². The van der Waals surface area contributed by atoms with Crippen LogP contribution in [-0.4, -0.2) is 62.9 Å². The van der Waals surface area contributed by atoms with Gasteiger partial charge in [0.2, 0.25) is 0 Å². The van der Waals surface area contributed by atoms with Crippen LogP contribution < -0.4 is 0 Å². The molecule has 1 fully saturated rings. The fraction of sp³-hybridized carbons (Fsp3) is 0.353. The molecular weight excluding hydrogens is 308 g/mol. The fourth-order valence-corrected chi connectivity index (χ4v) is 2.94. The Morgan fingerprint density at radius 3 is 2.67 bits per heavy atom. The lowest BCUT2D eigenvalue weighted by atomic mass is 10.1. The maximum atomic E-state index is 12.5. The summed E-state index contributed by atoms with van der Waals surface area (Å²) in [7, 11) is 0. The molecule has 24 heavy (non-hydrogen) atoms. The van der Waals surface area contributed by atoms with Crippen LogP contribution in [0.4, 0.5) is 0 Å². The van der Waals surface area contributed by atoms with Gasteiger partial charge in [-0.25, -0.2) is 4.98 Å². The molecule has 0 saturated carbocycles. The molecule has 1 aliphatic rings. The number of carbonyl (C=O) groups excluding carboxylic acids is 1. The third-order valence-electron chi connectivity index (χ3n) is 4.19. The largest absolute Gasteiger partial charge is 0.481 e. The van der Waals surface area contributed by atoms with Crippen molar-refractivity contribution < 1.29 is 14.7 Å². The maximum Gasteiger partial charge on any atom is 0.309 e. The van der Waals surface area contributed by atoms with Gasteiger partial charge in [0.1, 0.15) is 0 Å². The third kappa shape index (κ3) is 3.80. The van der Waals surface area contributed by atoms with E-state index < -0.39 is 11.9 Å². The molecular formula is C17H20N4O3. The zero-order valence-electron chi connectivity index (χ0n) is 13.3. The lowest BCUT2D eigenvalue weighted by Crippen LogP contribution is -2.38. The Labute approximate surface area is 139 Å². The van der Waals surface area contributed by atoms with Crippen molar-refractivity contribution in [2.75, 3.05) is 26.2 Å². The van der Waals surface area contributed by atoms with Crippen molar-refractivity contribution in [2.24, 2.45) is 5.92 Å². The molecule has 1 aromatic heterocycles. The number of amides is 1. The van der Waals surface area contributed by atoms with E-state index in [0.717, 1.165) is 5.56 Å². The number of nitrogens with one attached hydrogen (secondary N) is 1. The molecule has 1 aliphatic heterocycles. The topological polar surface area (TPSA) is 89.5 Å². The summed E-state index contributed by atoms with van der Waals surface area (Å²) in [6, 6.07) is 9.93. The number of nitrogens with zero attached hydrogens (tertiary/aromatic N) is 3. The highest BCUT2D eigenvalue weighted by Gasteiger charge is 2.31. The molecule has 7 nitrogen and oxygen atoms in total. The van der Waals surface area contributed by atoms with Gasteiger partial charge in [-0.15, -0.1) is 0 Å². The summed E-state index contributed by atoms with van der Waals surface area (Å²) in [6.45, 7) is 2.40. The van der Waals surface area contributed by atoms with Gasteiger partial charge in [-0.2, -0.15) is 0 Å². The Bertz CT molecular complexity index is 687. The molecule has 0 radical (unpaired) electrons. The standard InChI is InChI=1S/C17H20N4O3/c22-16(15-18-6-7-19-15)21-9-8-20(11-14(12-21)17(23)24)10-13-4-2-1-3-5-13/h1-7,14H,8-12H2,(H,18,19)(H,23,24)/t14-/m0/s1. The van der Waals surface area contributed by atoms with Crippen molar-refractivity contribution in [3.8, 4) is 0 Å². The Balaban J connectivity index is 1.72. The molecule has 7 heteroatoms. The Hall–Kier alpha value is -2.67. The van der Waals surface area contributed by atoms with Gasteiger partial charge in [0.15, 0.2) is 5.82 Å². The minimum absolute atomic E-state index is 0.195. The number of carbonyl (C=O) groups is 2. The van der Waals surface area contributed by atoms with Crippen LogP contribution in [-0.2, 0) is 11.3 Å². The summed E-state index contributed by atoms with van der Waals surface area (Å²) in [4.78, 5) is 34.5. The minimum atomic E-state index is -0.882. The number of imidazole rings is 1. The van der Waals surface area contributed by atoms with Gasteiger partial charge in [-0.3, -0.25) is 14.5 Å². The molecule has 2 heterocycles. The van der Waals surface area contributed by atoms with Gasteiger partial charge < -0.3 is 15.0 Å². The number of hydrogen-bond acceptors (Lipinski definition) is 4. The van der Waals surface area contributed by atoms with E-state index in [0.29, 0.717) is 26.2 Å². The molecule has 2 N–H and O–H groups in total. The maximum absolute atomic E-state index is 12.5. The van der Waals surface area contributed by atoms with Crippen LogP contribution >= 0.6 is 0 Å². The van der Waals surface area contributed by atoms with Crippen molar-refractivity contribution in [3.63, 3.8) is 0 Å². The molecule has 0 bridgehead atoms. The zero-order chi connectivity index (χ0) is 16.9. The average molecular weight is 328 g/mol. The number of carboxylic acid groups (broad SMARTS) is 1. The average Bonchev–Trinajstić information content (AvgIpc) is 3.03. The summed E-state index contributed by atoms with van der Waals surface area (Å²) in [5.74, 6) is -1.51. The number of carboxylic acids is 1. The summed E-state index contributed by atoms with van der Waals surface area (Å²) < 4.78 is 0. The van der Waals surface area contributed by atoms with E-state index in [1.165, 1.54) is 6.20 Å². The van der Waals surface area contributed by atoms with Crippen molar-refractivity contribution in [3.05, 3.63) is 54.1 Å². The van der Waals surface area contributed by atoms with E-state index in [4.69, 9.17) is 0 Å². The van der Waals surface area contributed by atoms with E-state index in [9.17, 15) is 14.7 Å². The highest BCUT2D eigenvalue weighted by Crippen LogP contribution is 2.15. The van der Waals surface area contributed by atoms with E-state index in [-0.39, 0.29) is 18.3 Å². The zero-order valence-corrected chi connectivity index (χ0v) is 13.3. The van der Waals surface area contributed by atoms with Gasteiger partial charge in [0.25, 0.3) is 5.91 Å². The summed E-state index contributed by atoms with van der Waals surface area (Å²) >= 11 is 0. The first-order chi connectivity index (χ1) is 11.6. The fourth-order valence-electron chi connectivity index (χ4n) is 2.94. The van der Waals surface area contributed by atoms with Gasteiger partial charge in [-0.05, 0) is 5.56 Å². The van der Waals surface area contributed by atoms with Crippen LogP contribution in [0.1, 0.15) is 16.2 Å². The predicted octanol–water partition coefficient (Wildman–Crippen LogP) is 1.07. The third-order valence-corrected chi connectivity index (χ3v) is 4.19. The highest BCUT2D eigenvalue weighted by atomic mass is 16.4. The minimum Gasteiger partial charge on any atom is -0.481 e. The molecule has 1 amide bonds. The van der Waals surface area contributed by atoms with Gasteiger partial charge in [0.05, 0.1) is 5.92 Å². The first-order valence-corrected chi connectivity index (χ1v) is 7.91. The van der Waals surface area contributed by atoms with E-state index in [1.807, 2.05) is 30.3 Å². The quantitative estimate of drug-likeness (QED) is 0.876. The first-order valence-electron chi connectivity index (χ1n) is 7.91. The SMILES string of the molecule is O=C(O)[C@H]1CN(Cc2ccccc2)CCN(C(=O)c2ncc[nH]2)C1. The Morgan fingerprint density at radius 1 is 1.21 bits per heavy atom. The number of rotatable bonds is 4. The number of H-pyrrole nitrogens is 1. The molecule has 0 spiro atoms. The molecule has 3 rings (SSSR count). The molecule has 1 saturated heterocycles. The van der Waals surface area contributed by atoms with E-state index in [1.54, 1.807) is 11.1 Å². The predicted molar refractivity (Wildman–Crippen MR) is 87.3 cm³/mol. The van der Waals surface area contributed by atoms with Crippen LogP contribution in [0.2, 0.25) is 0 Å². The highest BCUT2D eigenvalue weighted by molar-refractivity contribution is 5.90. The molecule has 1 atom stereocenters. The van der Waals surface area contributed by atoms with E-state index in [2.05, 4.69) is 14.9 Å². The van der Waals surface area contributed by atoms with Crippen LogP contribution in [0.3, 0.4) is 0 Å². The van der Waals surface area contributed by atoms with E-state index >= 15 is 0 Å². The number of aromatic nitrogens is 2. The Morgan fingerprint density at radius 2 is 2.00 bits per heavy atom. The summed E-state index contributed by atoms with van der Waals surface area (Å²) in [5, 5.41) is 9.49. The Kier molecular flexibility index (Phi) is 4.90. The first kappa shape index (κ1) is 16.2. The lowest BCUT2D eigenvalue weighted by Gasteiger charge is -2.21. The second kappa shape index (κ2) is 7.27. The number of hydrogen-bond donors (Lipinski definition) is 2. The molecule has 1 aromatic carbocycles. The van der Waals surface area contributed by atoms with Crippen molar-refractivity contribution >= 4 is 11.9 Å². The molecule has 126 valence electrons. The molecule has 0 unspecified atom stereocenters. The lowest BCUT2D eigenvalue weighted by molar-refractivity contribution is -0.142. The second-order valence-corrected chi connectivity index (χ2v) is 5.94. The van der Waals surface area contributed by atoms with Gasteiger partial charge in [-0.1, -0.05) is 30.3 Å². The van der Waals surface area contributed by atoms with Crippen molar-refractivity contribution in [2.45, 2.75) is 6.54 Å². The summed E-state index contributed by atoms with van der Waals surface area (Å²) in [5.41, 5.74) is 1.13. The van der Waals surface area contributed by atoms with Crippen LogP contribution in [0.5, 0.6) is 0 Å². The second-order valence-electron chi connectivity index (χ2n) is 5.94. The molecule has 2 aromatic rings. The summed E-state index contributed by atoms with van der Waals surface area (Å²) in [6.07, 6.45) is 3.10. The normalized spacial score (nSPS) is 19.0. The monoisotopic (exact) mass is 328 g/mol. The van der Waals surface area contributed by atoms with Gasteiger partial charge in [0, 0.05) is 45.1 Å². The molecule has 0 aliphatic carbocycles. The number of aliphatic carboxylic acids is 1. The smallest absolute Gasteiger partial charge is 0.309 e. The van der Waals surface area contributed by atoms with Crippen molar-refractivity contribution in [1.29, 1.82) is 0 Å². The van der Waals surface area contributed by atoms with Crippen molar-refractivity contribution in [1.82, 2.24) is 19.8 Å². The van der Waals surface area contributed by atoms with Gasteiger partial charge >= 0.3 is 5.97 Å². The number of benzene rings is 1. The van der Waals surface area contributed by atoms with Crippen LogP contribution in [0.15, 0.2) is 42.7 Å². The number of aromatic amines is 1.